The molecule has 2 atom stereocenters. The summed E-state index contributed by atoms with van der Waals surface area (Å²) in [7, 11) is 0. The number of likely N-dealkylation sites (tertiary alicyclic amines) is 1. The van der Waals surface area contributed by atoms with Crippen LogP contribution in [-0.4, -0.2) is 49.6 Å². The van der Waals surface area contributed by atoms with Gasteiger partial charge in [0.1, 0.15) is 17.2 Å². The molecule has 6 rings (SSSR count). The molecule has 0 aliphatic carbocycles. The molecule has 0 aromatic heterocycles. The van der Waals surface area contributed by atoms with E-state index in [1.54, 1.807) is 0 Å². The Balaban J connectivity index is 1.000. The molecule has 3 aromatic rings. The van der Waals surface area contributed by atoms with Gasteiger partial charge in [-0.05, 0) is 60.9 Å². The Morgan fingerprint density at radius 3 is 2.56 bits per heavy atom. The molecule has 6 nitrogen and oxygen atoms in total. The lowest BCUT2D eigenvalue weighted by Crippen LogP contribution is -2.49. The third kappa shape index (κ3) is 4.10. The summed E-state index contributed by atoms with van der Waals surface area (Å²) in [6, 6.07) is 24.4. The van der Waals surface area contributed by atoms with Crippen LogP contribution in [-0.2, 0) is 4.79 Å². The molecule has 1 N–H and O–H groups in total. The highest BCUT2D eigenvalue weighted by atomic mass is 16.5. The Hall–Kier alpha value is -3.51. The van der Waals surface area contributed by atoms with Gasteiger partial charge in [-0.3, -0.25) is 4.79 Å². The van der Waals surface area contributed by atoms with Crippen LogP contribution in [0.3, 0.4) is 0 Å². The van der Waals surface area contributed by atoms with E-state index in [1.807, 2.05) is 60.7 Å². The number of fused-ring (bicyclic) bond motifs is 3. The minimum absolute atomic E-state index is 0.101. The molecule has 0 unspecified atom stereocenters. The fourth-order valence-corrected chi connectivity index (χ4v) is 5.58. The van der Waals surface area contributed by atoms with E-state index in [-0.39, 0.29) is 5.91 Å². The summed E-state index contributed by atoms with van der Waals surface area (Å²) in [5.41, 5.74) is 3.62. The first-order valence-electron chi connectivity index (χ1n) is 12.1. The molecule has 174 valence electrons. The number of rotatable bonds is 7. The number of amides is 1. The third-order valence-electron chi connectivity index (χ3n) is 7.09. The Morgan fingerprint density at radius 1 is 0.912 bits per heavy atom. The maximum absolute atomic E-state index is 12.2. The number of piperidine rings is 1. The highest BCUT2D eigenvalue weighted by Gasteiger charge is 2.44. The number of hydrogen-bond acceptors (Lipinski definition) is 5. The van der Waals surface area contributed by atoms with E-state index < -0.39 is 0 Å². The first kappa shape index (κ1) is 21.1. The van der Waals surface area contributed by atoms with Gasteiger partial charge < -0.3 is 24.6 Å². The van der Waals surface area contributed by atoms with Crippen LogP contribution >= 0.6 is 0 Å². The summed E-state index contributed by atoms with van der Waals surface area (Å²) in [6.45, 7) is 4.29. The Morgan fingerprint density at radius 2 is 1.71 bits per heavy atom. The number of anilines is 2. The zero-order chi connectivity index (χ0) is 22.9. The van der Waals surface area contributed by atoms with E-state index >= 15 is 0 Å². The van der Waals surface area contributed by atoms with E-state index in [0.717, 1.165) is 55.4 Å². The van der Waals surface area contributed by atoms with Crippen molar-refractivity contribution in [3.8, 4) is 17.2 Å². The van der Waals surface area contributed by atoms with E-state index in [4.69, 9.17) is 9.47 Å². The second kappa shape index (κ2) is 9.03. The number of nitrogens with zero attached hydrogens (tertiary/aromatic N) is 2. The number of benzene rings is 3. The lowest BCUT2D eigenvalue weighted by atomic mass is 9.89. The van der Waals surface area contributed by atoms with Gasteiger partial charge >= 0.3 is 0 Å². The lowest BCUT2D eigenvalue weighted by molar-refractivity contribution is -0.115. The third-order valence-corrected chi connectivity index (χ3v) is 7.09. The molecule has 0 spiro atoms. The highest BCUT2D eigenvalue weighted by molar-refractivity contribution is 6.03. The predicted molar refractivity (Wildman–Crippen MR) is 133 cm³/mol. The van der Waals surface area contributed by atoms with Crippen LogP contribution in [0.2, 0.25) is 0 Å². The van der Waals surface area contributed by atoms with E-state index in [9.17, 15) is 4.79 Å². The molecule has 1 saturated heterocycles. The van der Waals surface area contributed by atoms with Gasteiger partial charge in [0.2, 0.25) is 5.91 Å². The van der Waals surface area contributed by atoms with E-state index in [0.29, 0.717) is 25.1 Å². The van der Waals surface area contributed by atoms with E-state index in [1.165, 1.54) is 11.3 Å². The molecule has 3 aliphatic heterocycles. The lowest BCUT2D eigenvalue weighted by Gasteiger charge is -2.39. The molecule has 0 bridgehead atoms. The molecule has 34 heavy (non-hydrogen) atoms. The molecular formula is C28H29N3O3. The topological polar surface area (TPSA) is 54.0 Å². The number of hydrogen-bond donors (Lipinski definition) is 1. The van der Waals surface area contributed by atoms with Crippen molar-refractivity contribution in [3.05, 3.63) is 78.4 Å². The predicted octanol–water partition coefficient (Wildman–Crippen LogP) is 4.88. The second-order valence-electron chi connectivity index (χ2n) is 9.27. The monoisotopic (exact) mass is 455 g/mol. The summed E-state index contributed by atoms with van der Waals surface area (Å²) in [4.78, 5) is 17.1. The van der Waals surface area contributed by atoms with Crippen LogP contribution in [0.15, 0.2) is 72.8 Å². The summed E-state index contributed by atoms with van der Waals surface area (Å²) >= 11 is 0. The van der Waals surface area contributed by atoms with Crippen molar-refractivity contribution < 1.29 is 14.3 Å². The normalized spacial score (nSPS) is 20.9. The standard InChI is InChI=1S/C28H29N3O3/c32-27-19-31-26-14-16-30(18-24(26)23-8-4-9-25(29-27)28(23)31)15-5-17-33-20-10-12-22(13-11-20)34-21-6-2-1-3-7-21/h1-4,6-13,24,26H,5,14-19H2,(H,29,32)/t24-,26-/m0/s1. The minimum Gasteiger partial charge on any atom is -0.494 e. The molecule has 3 aromatic carbocycles. The molecule has 3 heterocycles. The van der Waals surface area contributed by atoms with Crippen LogP contribution in [0.5, 0.6) is 17.2 Å². The Bertz CT molecular complexity index is 1170. The second-order valence-corrected chi connectivity index (χ2v) is 9.27. The average molecular weight is 456 g/mol. The molecule has 1 fully saturated rings. The van der Waals surface area contributed by atoms with Crippen molar-refractivity contribution in [2.75, 3.05) is 43.0 Å². The smallest absolute Gasteiger partial charge is 0.243 e. The first-order chi connectivity index (χ1) is 16.7. The minimum atomic E-state index is 0.101. The van der Waals surface area contributed by atoms with Gasteiger partial charge in [-0.25, -0.2) is 0 Å². The van der Waals surface area contributed by atoms with Gasteiger partial charge in [-0.1, -0.05) is 30.3 Å². The van der Waals surface area contributed by atoms with Gasteiger partial charge in [-0.15, -0.1) is 0 Å². The van der Waals surface area contributed by atoms with Crippen molar-refractivity contribution in [2.45, 2.75) is 24.8 Å². The van der Waals surface area contributed by atoms with Gasteiger partial charge in [0.05, 0.1) is 24.5 Å². The molecular weight excluding hydrogens is 426 g/mol. The largest absolute Gasteiger partial charge is 0.494 e. The fraction of sp³-hybridized carbons (Fsp3) is 0.321. The van der Waals surface area contributed by atoms with Crippen LogP contribution in [0.4, 0.5) is 11.4 Å². The molecule has 1 amide bonds. The maximum atomic E-state index is 12.2. The highest BCUT2D eigenvalue weighted by Crippen LogP contribution is 2.49. The zero-order valence-corrected chi connectivity index (χ0v) is 19.2. The van der Waals surface area contributed by atoms with Crippen molar-refractivity contribution in [3.63, 3.8) is 0 Å². The number of carbonyl (C=O) groups is 1. The van der Waals surface area contributed by atoms with Gasteiger partial charge in [0, 0.05) is 31.6 Å². The van der Waals surface area contributed by atoms with Crippen LogP contribution in [0.25, 0.3) is 0 Å². The average Bonchev–Trinajstić information content (AvgIpc) is 3.18. The quantitative estimate of drug-likeness (QED) is 0.515. The van der Waals surface area contributed by atoms with Crippen LogP contribution in [0.1, 0.15) is 24.3 Å². The molecule has 0 radical (unpaired) electrons. The van der Waals surface area contributed by atoms with Gasteiger partial charge in [0.15, 0.2) is 0 Å². The van der Waals surface area contributed by atoms with E-state index in [2.05, 4.69) is 27.2 Å². The maximum Gasteiger partial charge on any atom is 0.243 e. The van der Waals surface area contributed by atoms with Gasteiger partial charge in [0.25, 0.3) is 0 Å². The number of nitrogens with one attached hydrogen (secondary N) is 1. The first-order valence-corrected chi connectivity index (χ1v) is 12.1. The number of para-hydroxylation sites is 2. The summed E-state index contributed by atoms with van der Waals surface area (Å²) in [5.74, 6) is 3.06. The summed E-state index contributed by atoms with van der Waals surface area (Å²) in [6.07, 6.45) is 2.08. The summed E-state index contributed by atoms with van der Waals surface area (Å²) in [5, 5.41) is 3.05. The number of carbonyl (C=O) groups excluding carboxylic acids is 1. The Kier molecular flexibility index (Phi) is 5.59. The van der Waals surface area contributed by atoms with Gasteiger partial charge in [-0.2, -0.15) is 0 Å². The van der Waals surface area contributed by atoms with Crippen molar-refractivity contribution in [2.24, 2.45) is 0 Å². The number of ether oxygens (including phenoxy) is 2. The molecule has 6 heteroatoms. The van der Waals surface area contributed by atoms with Crippen LogP contribution < -0.4 is 19.7 Å². The zero-order valence-electron chi connectivity index (χ0n) is 19.2. The SMILES string of the molecule is O=C1CN2c3c(cccc3[C@@H]3CN(CCCOc4ccc(Oc5ccccc5)cc4)CC[C@@H]32)N1. The van der Waals surface area contributed by atoms with Crippen LogP contribution in [0, 0.1) is 0 Å². The Labute approximate surface area is 200 Å². The molecule has 0 saturated carbocycles. The summed E-state index contributed by atoms with van der Waals surface area (Å²) < 4.78 is 11.8. The van der Waals surface area contributed by atoms with Crippen molar-refractivity contribution in [1.82, 2.24) is 4.90 Å². The van der Waals surface area contributed by atoms with Crippen molar-refractivity contribution >= 4 is 17.3 Å². The van der Waals surface area contributed by atoms with Crippen molar-refractivity contribution in [1.29, 1.82) is 0 Å². The fourth-order valence-electron chi connectivity index (χ4n) is 5.58. The molecule has 3 aliphatic rings.